The van der Waals surface area contributed by atoms with Crippen LogP contribution in [-0.2, 0) is 9.47 Å². The Morgan fingerprint density at radius 3 is 1.50 bits per heavy atom. The van der Waals surface area contributed by atoms with Gasteiger partial charge in [-0.15, -0.1) is 0 Å². The molecule has 0 bridgehead atoms. The topological polar surface area (TPSA) is 49.7 Å². The van der Waals surface area contributed by atoms with Crippen molar-refractivity contribution >= 4 is 11.8 Å². The normalized spacial score (nSPS) is 27.4. The van der Waals surface area contributed by atoms with E-state index in [1.165, 1.54) is 12.8 Å². The zero-order valence-electron chi connectivity index (χ0n) is 18.4. The molecule has 0 unspecified atom stereocenters. The minimum absolute atomic E-state index is 0.368. The number of hydrogen-bond donors (Lipinski definition) is 0. The fourth-order valence-electron chi connectivity index (χ4n) is 4.40. The maximum absolute atomic E-state index is 5.85. The Hall–Kier alpha value is -1.14. The zero-order valence-corrected chi connectivity index (χ0v) is 18.4. The van der Waals surface area contributed by atoms with Gasteiger partial charge in [0.05, 0.1) is 25.2 Å². The molecule has 0 aromatic rings. The van der Waals surface area contributed by atoms with Gasteiger partial charge in [0.1, 0.15) is 13.2 Å². The smallest absolute Gasteiger partial charge is 0.198 e. The van der Waals surface area contributed by atoms with Crippen molar-refractivity contribution in [2.24, 2.45) is 21.8 Å². The van der Waals surface area contributed by atoms with E-state index in [1.807, 2.05) is 0 Å². The molecule has 0 N–H and O–H groups in total. The van der Waals surface area contributed by atoms with Gasteiger partial charge in [0, 0.05) is 0 Å². The third-order valence-corrected chi connectivity index (χ3v) is 5.64. The van der Waals surface area contributed by atoms with Crippen LogP contribution in [0.3, 0.4) is 0 Å². The first-order valence-corrected chi connectivity index (χ1v) is 11.3. The van der Waals surface area contributed by atoms with E-state index in [0.717, 1.165) is 77.1 Å². The Balaban J connectivity index is 1.39. The summed E-state index contributed by atoms with van der Waals surface area (Å²) in [4.78, 5) is 14.6. The maximum Gasteiger partial charge on any atom is 0.198 e. The van der Waals surface area contributed by atoms with Gasteiger partial charge in [-0.2, -0.15) is 0 Å². The Morgan fingerprint density at radius 2 is 1.14 bits per heavy atom. The number of hydrogen-bond acceptors (Lipinski definition) is 6. The fraction of sp³-hybridized carbons (Fsp3) is 0.909. The van der Waals surface area contributed by atoms with Crippen LogP contribution in [-0.4, -0.2) is 86.2 Å². The van der Waals surface area contributed by atoms with Gasteiger partial charge in [-0.25, -0.2) is 9.98 Å². The first kappa shape index (κ1) is 21.6. The summed E-state index contributed by atoms with van der Waals surface area (Å²) in [5.41, 5.74) is 0. The van der Waals surface area contributed by atoms with Crippen LogP contribution >= 0.6 is 0 Å². The predicted octanol–water partition coefficient (Wildman–Crippen LogP) is 3.07. The Labute approximate surface area is 171 Å². The maximum atomic E-state index is 5.85. The van der Waals surface area contributed by atoms with Gasteiger partial charge in [-0.05, 0) is 63.7 Å². The Morgan fingerprint density at radius 1 is 0.750 bits per heavy atom. The molecule has 3 aliphatic rings. The van der Waals surface area contributed by atoms with Gasteiger partial charge in [-0.1, -0.05) is 27.7 Å². The summed E-state index contributed by atoms with van der Waals surface area (Å²) >= 11 is 0. The van der Waals surface area contributed by atoms with Crippen molar-refractivity contribution in [2.45, 2.75) is 65.5 Å². The van der Waals surface area contributed by atoms with Gasteiger partial charge in [-0.3, -0.25) is 9.80 Å². The van der Waals surface area contributed by atoms with E-state index in [4.69, 9.17) is 19.5 Å². The number of nitrogens with zero attached hydrogens (tertiary/aromatic N) is 4. The van der Waals surface area contributed by atoms with E-state index >= 15 is 0 Å². The summed E-state index contributed by atoms with van der Waals surface area (Å²) in [6.45, 7) is 16.7. The van der Waals surface area contributed by atoms with Crippen molar-refractivity contribution in [2.75, 3.05) is 52.5 Å². The number of ether oxygens (including phenoxy) is 2. The second kappa shape index (κ2) is 10.6. The molecule has 0 amide bonds. The largest absolute Gasteiger partial charge is 0.478 e. The molecule has 3 aliphatic heterocycles. The third kappa shape index (κ3) is 7.03. The fourth-order valence-corrected chi connectivity index (χ4v) is 4.40. The second-order valence-electron chi connectivity index (χ2n) is 9.49. The first-order chi connectivity index (χ1) is 13.5. The molecule has 6 nitrogen and oxygen atoms in total. The molecule has 0 spiro atoms. The van der Waals surface area contributed by atoms with Crippen molar-refractivity contribution in [1.29, 1.82) is 0 Å². The Bertz CT molecular complexity index is 491. The van der Waals surface area contributed by atoms with Crippen molar-refractivity contribution in [3.63, 3.8) is 0 Å². The molecule has 1 saturated heterocycles. The third-order valence-electron chi connectivity index (χ3n) is 5.64. The van der Waals surface area contributed by atoms with Crippen molar-refractivity contribution < 1.29 is 9.47 Å². The minimum Gasteiger partial charge on any atom is -0.478 e. The summed E-state index contributed by atoms with van der Waals surface area (Å²) < 4.78 is 11.7. The molecule has 0 aromatic carbocycles. The van der Waals surface area contributed by atoms with E-state index in [2.05, 4.69) is 37.5 Å². The molecule has 0 saturated carbocycles. The Kier molecular flexibility index (Phi) is 8.15. The highest BCUT2D eigenvalue weighted by Crippen LogP contribution is 2.17. The monoisotopic (exact) mass is 392 g/mol. The molecule has 0 aliphatic carbocycles. The highest BCUT2D eigenvalue weighted by atomic mass is 16.5. The number of rotatable bonds is 8. The van der Waals surface area contributed by atoms with Crippen LogP contribution in [0.2, 0.25) is 0 Å². The lowest BCUT2D eigenvalue weighted by Crippen LogP contribution is -2.40. The predicted molar refractivity (Wildman–Crippen MR) is 115 cm³/mol. The summed E-state index contributed by atoms with van der Waals surface area (Å²) in [5, 5.41) is 0. The van der Waals surface area contributed by atoms with Crippen molar-refractivity contribution in [1.82, 2.24) is 9.80 Å². The van der Waals surface area contributed by atoms with Gasteiger partial charge in [0.15, 0.2) is 11.8 Å². The van der Waals surface area contributed by atoms with E-state index in [-0.39, 0.29) is 0 Å². The molecule has 28 heavy (non-hydrogen) atoms. The van der Waals surface area contributed by atoms with E-state index in [9.17, 15) is 0 Å². The van der Waals surface area contributed by atoms with Crippen molar-refractivity contribution in [3.05, 3.63) is 0 Å². The summed E-state index contributed by atoms with van der Waals surface area (Å²) in [7, 11) is 0. The summed E-state index contributed by atoms with van der Waals surface area (Å²) in [6.07, 6.45) is 4.60. The number of aliphatic imine (C=N–C) groups is 2. The highest BCUT2D eigenvalue weighted by Gasteiger charge is 2.24. The molecule has 0 aromatic heterocycles. The lowest BCUT2D eigenvalue weighted by atomic mass is 10.1. The van der Waals surface area contributed by atoms with Crippen LogP contribution in [0.5, 0.6) is 0 Å². The standard InChI is InChI=1S/C22H40N4O2/c1-17(2)11-19-15-27-21(23-19)13-25-7-5-9-26(10-6-8-25)14-22-24-20(16-28-22)12-18(3)4/h17-20H,5-16H2,1-4H3/t19-,20-/m0/s1. The molecule has 1 fully saturated rings. The molecule has 3 rings (SSSR count). The van der Waals surface area contributed by atoms with E-state index in [1.54, 1.807) is 0 Å². The molecular weight excluding hydrogens is 352 g/mol. The average Bonchev–Trinajstić information content (AvgIpc) is 3.20. The molecule has 2 atom stereocenters. The van der Waals surface area contributed by atoms with E-state index in [0.29, 0.717) is 23.9 Å². The molecule has 6 heteroatoms. The van der Waals surface area contributed by atoms with Gasteiger partial charge >= 0.3 is 0 Å². The lowest BCUT2D eigenvalue weighted by molar-refractivity contribution is 0.192. The van der Waals surface area contributed by atoms with Crippen LogP contribution < -0.4 is 0 Å². The highest BCUT2D eigenvalue weighted by molar-refractivity contribution is 5.80. The van der Waals surface area contributed by atoms with Crippen LogP contribution in [0.15, 0.2) is 9.98 Å². The molecule has 3 heterocycles. The minimum atomic E-state index is 0.368. The molecule has 0 radical (unpaired) electrons. The second-order valence-corrected chi connectivity index (χ2v) is 9.49. The first-order valence-electron chi connectivity index (χ1n) is 11.3. The van der Waals surface area contributed by atoms with Gasteiger partial charge < -0.3 is 9.47 Å². The van der Waals surface area contributed by atoms with Crippen LogP contribution in [0.25, 0.3) is 0 Å². The van der Waals surface area contributed by atoms with Crippen LogP contribution in [0.1, 0.15) is 53.4 Å². The average molecular weight is 393 g/mol. The molecule has 160 valence electrons. The van der Waals surface area contributed by atoms with Crippen LogP contribution in [0.4, 0.5) is 0 Å². The van der Waals surface area contributed by atoms with E-state index < -0.39 is 0 Å². The summed E-state index contributed by atoms with van der Waals surface area (Å²) in [5.74, 6) is 3.26. The summed E-state index contributed by atoms with van der Waals surface area (Å²) in [6, 6.07) is 0.735. The SMILES string of the molecule is CC(C)C[C@H]1COC(CN2CCCN(CC3=N[C@@H](CC(C)C)CO3)CCC2)=N1. The zero-order chi connectivity index (χ0) is 19.9. The van der Waals surface area contributed by atoms with Gasteiger partial charge in [0.25, 0.3) is 0 Å². The van der Waals surface area contributed by atoms with Gasteiger partial charge in [0.2, 0.25) is 0 Å². The van der Waals surface area contributed by atoms with Crippen molar-refractivity contribution in [3.8, 4) is 0 Å². The quantitative estimate of drug-likeness (QED) is 0.637. The molecular formula is C22H40N4O2. The lowest BCUT2D eigenvalue weighted by Gasteiger charge is -2.29. The van der Waals surface area contributed by atoms with Crippen LogP contribution in [0, 0.1) is 11.8 Å².